The van der Waals surface area contributed by atoms with Crippen molar-refractivity contribution in [2.75, 3.05) is 5.32 Å². The first-order valence-electron chi connectivity index (χ1n) is 6.14. The second-order valence-corrected chi connectivity index (χ2v) is 4.76. The van der Waals surface area contributed by atoms with Crippen LogP contribution in [0.15, 0.2) is 18.5 Å². The molecule has 2 N–H and O–H groups in total. The molecule has 0 aliphatic heterocycles. The number of hydrogen-bond acceptors (Lipinski definition) is 4. The Hall–Kier alpha value is -1.56. The molecule has 0 radical (unpaired) electrons. The van der Waals surface area contributed by atoms with Crippen molar-refractivity contribution < 1.29 is 4.79 Å². The minimum Gasteiger partial charge on any atom is -0.303 e. The predicted molar refractivity (Wildman–Crippen MR) is 73.0 cm³/mol. The molecular weight excluding hydrogens is 248 g/mol. The summed E-state index contributed by atoms with van der Waals surface area (Å²) in [5.41, 5.74) is 0. The molecule has 1 aliphatic rings. The van der Waals surface area contributed by atoms with E-state index in [2.05, 4.69) is 20.6 Å². The highest BCUT2D eigenvalue weighted by Gasteiger charge is 2.21. The highest BCUT2D eigenvalue weighted by atomic mass is 32.1. The lowest BCUT2D eigenvalue weighted by Crippen LogP contribution is -2.39. The normalized spacial score (nSPS) is 16.0. The number of nitrogens with zero attached hydrogens (tertiary/aromatic N) is 2. The Morgan fingerprint density at radius 3 is 2.56 bits per heavy atom. The topological polar surface area (TPSA) is 66.9 Å². The number of aromatic nitrogens is 2. The minimum absolute atomic E-state index is 0.00290. The number of amides is 1. The zero-order chi connectivity index (χ0) is 12.8. The van der Waals surface area contributed by atoms with Crippen molar-refractivity contribution in [3.63, 3.8) is 0 Å². The average molecular weight is 264 g/mol. The fourth-order valence-electron chi connectivity index (χ4n) is 2.08. The van der Waals surface area contributed by atoms with Crippen LogP contribution in [0.25, 0.3) is 0 Å². The summed E-state index contributed by atoms with van der Waals surface area (Å²) in [6, 6.07) is 1.72. The molecule has 1 amide bonds. The molecule has 5 nitrogen and oxygen atoms in total. The molecule has 1 saturated carbocycles. The smallest absolute Gasteiger partial charge is 0.229 e. The third-order valence-corrected chi connectivity index (χ3v) is 3.21. The van der Waals surface area contributed by atoms with Crippen LogP contribution in [0.2, 0.25) is 0 Å². The predicted octanol–water partition coefficient (Wildman–Crippen LogP) is 1.87. The first-order valence-corrected chi connectivity index (χ1v) is 6.55. The van der Waals surface area contributed by atoms with Gasteiger partial charge in [-0.05, 0) is 31.1 Å². The quantitative estimate of drug-likeness (QED) is 0.798. The number of hydrogen-bond donors (Lipinski definition) is 2. The van der Waals surface area contributed by atoms with Crippen LogP contribution in [0.3, 0.4) is 0 Å². The summed E-state index contributed by atoms with van der Waals surface area (Å²) in [5, 5.41) is 5.75. The number of nitrogens with one attached hydrogen (secondary N) is 2. The lowest BCUT2D eigenvalue weighted by atomic mass is 9.89. The van der Waals surface area contributed by atoms with Gasteiger partial charge in [0.25, 0.3) is 0 Å². The van der Waals surface area contributed by atoms with E-state index in [-0.39, 0.29) is 16.9 Å². The first-order chi connectivity index (χ1) is 8.75. The van der Waals surface area contributed by atoms with Gasteiger partial charge in [0.15, 0.2) is 5.11 Å². The largest absolute Gasteiger partial charge is 0.303 e. The van der Waals surface area contributed by atoms with Crippen LogP contribution in [0, 0.1) is 5.92 Å². The van der Waals surface area contributed by atoms with Gasteiger partial charge in [0.05, 0.1) is 0 Å². The fourth-order valence-corrected chi connectivity index (χ4v) is 2.27. The molecule has 2 rings (SSSR count). The number of carbonyl (C=O) groups excluding carboxylic acids is 1. The van der Waals surface area contributed by atoms with E-state index < -0.39 is 0 Å². The van der Waals surface area contributed by atoms with Gasteiger partial charge in [0.1, 0.15) is 0 Å². The molecule has 0 atom stereocenters. The van der Waals surface area contributed by atoms with Gasteiger partial charge in [-0.3, -0.25) is 4.79 Å². The van der Waals surface area contributed by atoms with Crippen LogP contribution >= 0.6 is 12.2 Å². The lowest BCUT2D eigenvalue weighted by Gasteiger charge is -2.20. The van der Waals surface area contributed by atoms with Gasteiger partial charge >= 0.3 is 0 Å². The number of thiocarbonyl (C=S) groups is 1. The molecule has 1 fully saturated rings. The molecule has 1 aromatic rings. The minimum atomic E-state index is 0.00290. The highest BCUT2D eigenvalue weighted by molar-refractivity contribution is 7.80. The highest BCUT2D eigenvalue weighted by Crippen LogP contribution is 2.23. The SMILES string of the molecule is O=C(NC(=S)Nc1ncccn1)C1CCCCC1. The van der Waals surface area contributed by atoms with Gasteiger partial charge in [-0.25, -0.2) is 9.97 Å². The van der Waals surface area contributed by atoms with E-state index >= 15 is 0 Å². The van der Waals surface area contributed by atoms with E-state index in [4.69, 9.17) is 12.2 Å². The molecule has 0 aromatic carbocycles. The van der Waals surface area contributed by atoms with Crippen molar-refractivity contribution in [2.45, 2.75) is 32.1 Å². The van der Waals surface area contributed by atoms with Crippen LogP contribution in [0.1, 0.15) is 32.1 Å². The van der Waals surface area contributed by atoms with Gasteiger partial charge in [-0.2, -0.15) is 0 Å². The molecule has 0 unspecified atom stereocenters. The second kappa shape index (κ2) is 6.39. The maximum Gasteiger partial charge on any atom is 0.229 e. The van der Waals surface area contributed by atoms with Crippen LogP contribution in [0.4, 0.5) is 5.95 Å². The molecule has 0 bridgehead atoms. The maximum absolute atomic E-state index is 11.9. The molecule has 6 heteroatoms. The number of carbonyl (C=O) groups is 1. The van der Waals surface area contributed by atoms with E-state index in [9.17, 15) is 4.79 Å². The Bertz CT molecular complexity index is 417. The molecule has 0 saturated heterocycles. The monoisotopic (exact) mass is 264 g/mol. The summed E-state index contributed by atoms with van der Waals surface area (Å²) in [6.45, 7) is 0. The van der Waals surface area contributed by atoms with Crippen LogP contribution < -0.4 is 10.6 Å². The summed E-state index contributed by atoms with van der Waals surface area (Å²) < 4.78 is 0. The van der Waals surface area contributed by atoms with E-state index in [0.717, 1.165) is 25.7 Å². The van der Waals surface area contributed by atoms with Crippen molar-refractivity contribution in [2.24, 2.45) is 5.92 Å². The van der Waals surface area contributed by atoms with E-state index in [0.29, 0.717) is 5.95 Å². The van der Waals surface area contributed by atoms with Crippen molar-refractivity contribution in [1.82, 2.24) is 15.3 Å². The van der Waals surface area contributed by atoms with Gasteiger partial charge < -0.3 is 10.6 Å². The van der Waals surface area contributed by atoms with Crippen molar-refractivity contribution in [3.05, 3.63) is 18.5 Å². The van der Waals surface area contributed by atoms with Gasteiger partial charge in [-0.15, -0.1) is 0 Å². The fraction of sp³-hybridized carbons (Fsp3) is 0.500. The summed E-state index contributed by atoms with van der Waals surface area (Å²) in [7, 11) is 0. The molecule has 0 spiro atoms. The number of rotatable bonds is 2. The van der Waals surface area contributed by atoms with E-state index in [1.165, 1.54) is 6.42 Å². The number of anilines is 1. The average Bonchev–Trinajstić information content (AvgIpc) is 2.40. The Balaban J connectivity index is 1.82. The lowest BCUT2D eigenvalue weighted by molar-refractivity contribution is -0.124. The molecule has 1 heterocycles. The Morgan fingerprint density at radius 1 is 1.22 bits per heavy atom. The second-order valence-electron chi connectivity index (χ2n) is 4.35. The third kappa shape index (κ3) is 3.73. The van der Waals surface area contributed by atoms with Crippen molar-refractivity contribution in [1.29, 1.82) is 0 Å². The van der Waals surface area contributed by atoms with Crippen LogP contribution in [-0.4, -0.2) is 21.0 Å². The summed E-state index contributed by atoms with van der Waals surface area (Å²) in [5.74, 6) is 0.491. The standard InChI is InChI=1S/C12H16N4OS/c17-10(9-5-2-1-3-6-9)15-12(18)16-11-13-7-4-8-14-11/h4,7-9H,1-3,5-6H2,(H2,13,14,15,16,17,18). The van der Waals surface area contributed by atoms with Gasteiger partial charge in [0.2, 0.25) is 11.9 Å². The summed E-state index contributed by atoms with van der Waals surface area (Å²) in [4.78, 5) is 19.9. The zero-order valence-corrected chi connectivity index (χ0v) is 10.9. The van der Waals surface area contributed by atoms with Crippen LogP contribution in [-0.2, 0) is 4.79 Å². The Kier molecular flexibility index (Phi) is 4.58. The van der Waals surface area contributed by atoms with Crippen molar-refractivity contribution in [3.8, 4) is 0 Å². The van der Waals surface area contributed by atoms with Crippen LogP contribution in [0.5, 0.6) is 0 Å². The first kappa shape index (κ1) is 12.9. The molecule has 1 aromatic heterocycles. The maximum atomic E-state index is 11.9. The molecule has 18 heavy (non-hydrogen) atoms. The summed E-state index contributed by atoms with van der Waals surface area (Å²) >= 11 is 5.06. The van der Waals surface area contributed by atoms with Gasteiger partial charge in [-0.1, -0.05) is 19.3 Å². The molecular formula is C12H16N4OS. The van der Waals surface area contributed by atoms with E-state index in [1.807, 2.05) is 0 Å². The molecule has 1 aliphatic carbocycles. The molecule has 96 valence electrons. The zero-order valence-electron chi connectivity index (χ0n) is 10.1. The van der Waals surface area contributed by atoms with Gasteiger partial charge in [0, 0.05) is 18.3 Å². The van der Waals surface area contributed by atoms with E-state index in [1.54, 1.807) is 18.5 Å². The third-order valence-electron chi connectivity index (χ3n) is 3.00. The Labute approximate surface area is 111 Å². The summed E-state index contributed by atoms with van der Waals surface area (Å²) in [6.07, 6.45) is 8.61. The Morgan fingerprint density at radius 2 is 1.89 bits per heavy atom. The van der Waals surface area contributed by atoms with Crippen molar-refractivity contribution >= 4 is 29.2 Å².